The SMILES string of the molecule is Cc1ccc(-c2cc(C(=O)Nc3cc(C(C)C)c(O)cc3C)[nH]n2)cc1. The van der Waals surface area contributed by atoms with Crippen molar-refractivity contribution in [3.05, 3.63) is 64.8 Å². The Bertz CT molecular complexity index is 940. The van der Waals surface area contributed by atoms with Gasteiger partial charge in [-0.2, -0.15) is 5.10 Å². The fourth-order valence-electron chi connectivity index (χ4n) is 2.81. The van der Waals surface area contributed by atoms with E-state index in [9.17, 15) is 9.90 Å². The summed E-state index contributed by atoms with van der Waals surface area (Å²) in [5, 5.41) is 20.0. The number of aromatic hydroxyl groups is 1. The van der Waals surface area contributed by atoms with Crippen LogP contribution >= 0.6 is 0 Å². The predicted molar refractivity (Wildman–Crippen MR) is 104 cm³/mol. The average molecular weight is 349 g/mol. The Labute approximate surface area is 153 Å². The van der Waals surface area contributed by atoms with Crippen molar-refractivity contribution in [2.75, 3.05) is 5.32 Å². The zero-order valence-corrected chi connectivity index (χ0v) is 15.4. The molecule has 5 nitrogen and oxygen atoms in total. The Hall–Kier alpha value is -3.08. The molecule has 0 spiro atoms. The van der Waals surface area contributed by atoms with Crippen LogP contribution in [0.2, 0.25) is 0 Å². The number of rotatable bonds is 4. The van der Waals surface area contributed by atoms with Crippen LogP contribution in [0.25, 0.3) is 11.3 Å². The van der Waals surface area contributed by atoms with E-state index in [4.69, 9.17) is 0 Å². The standard InChI is InChI=1S/C21H23N3O2/c1-12(2)16-10-17(14(4)9-20(16)25)22-21(26)19-11-18(23-24-19)15-7-5-13(3)6-8-15/h5-12,25H,1-4H3,(H,22,26)(H,23,24). The Kier molecular flexibility index (Phi) is 4.80. The van der Waals surface area contributed by atoms with Gasteiger partial charge in [0.05, 0.1) is 5.69 Å². The first kappa shape index (κ1) is 17.7. The number of hydrogen-bond donors (Lipinski definition) is 3. The summed E-state index contributed by atoms with van der Waals surface area (Å²) < 4.78 is 0. The summed E-state index contributed by atoms with van der Waals surface area (Å²) in [4.78, 5) is 12.6. The molecule has 0 bridgehead atoms. The van der Waals surface area contributed by atoms with Gasteiger partial charge >= 0.3 is 0 Å². The van der Waals surface area contributed by atoms with Gasteiger partial charge in [-0.15, -0.1) is 0 Å². The Morgan fingerprint density at radius 2 is 1.81 bits per heavy atom. The number of hydrogen-bond acceptors (Lipinski definition) is 3. The lowest BCUT2D eigenvalue weighted by Crippen LogP contribution is -2.13. The quantitative estimate of drug-likeness (QED) is 0.593. The largest absolute Gasteiger partial charge is 0.508 e. The molecular formula is C21H23N3O2. The van der Waals surface area contributed by atoms with Gasteiger partial charge in [-0.25, -0.2) is 0 Å². The van der Waals surface area contributed by atoms with Crippen LogP contribution in [0.5, 0.6) is 5.75 Å². The van der Waals surface area contributed by atoms with Gasteiger partial charge in [0.25, 0.3) is 5.91 Å². The monoisotopic (exact) mass is 349 g/mol. The molecule has 0 saturated carbocycles. The van der Waals surface area contributed by atoms with E-state index in [-0.39, 0.29) is 17.6 Å². The molecule has 26 heavy (non-hydrogen) atoms. The van der Waals surface area contributed by atoms with Crippen LogP contribution in [-0.2, 0) is 0 Å². The fourth-order valence-corrected chi connectivity index (χ4v) is 2.81. The van der Waals surface area contributed by atoms with Crippen molar-refractivity contribution in [2.24, 2.45) is 0 Å². The summed E-state index contributed by atoms with van der Waals surface area (Å²) in [5.74, 6) is 0.143. The lowest BCUT2D eigenvalue weighted by molar-refractivity contribution is 0.102. The molecule has 0 radical (unpaired) electrons. The number of H-pyrrole nitrogens is 1. The minimum atomic E-state index is -0.264. The molecule has 0 aliphatic heterocycles. The van der Waals surface area contributed by atoms with E-state index in [1.807, 2.05) is 58.0 Å². The van der Waals surface area contributed by atoms with Gasteiger partial charge < -0.3 is 10.4 Å². The van der Waals surface area contributed by atoms with Crippen molar-refractivity contribution in [3.8, 4) is 17.0 Å². The number of aromatic nitrogens is 2. The molecule has 1 aromatic heterocycles. The van der Waals surface area contributed by atoms with E-state index in [1.54, 1.807) is 12.1 Å². The number of aromatic amines is 1. The van der Waals surface area contributed by atoms with Gasteiger partial charge in [0.1, 0.15) is 11.4 Å². The van der Waals surface area contributed by atoms with E-state index in [0.717, 1.165) is 22.4 Å². The maximum atomic E-state index is 12.6. The van der Waals surface area contributed by atoms with E-state index in [2.05, 4.69) is 15.5 Å². The number of phenolic OH excluding ortho intramolecular Hbond substituents is 1. The highest BCUT2D eigenvalue weighted by Gasteiger charge is 2.15. The lowest BCUT2D eigenvalue weighted by atomic mass is 9.99. The molecule has 0 atom stereocenters. The van der Waals surface area contributed by atoms with Crippen LogP contribution in [0, 0.1) is 13.8 Å². The van der Waals surface area contributed by atoms with Crippen LogP contribution in [0.15, 0.2) is 42.5 Å². The number of carbonyl (C=O) groups excluding carboxylic acids is 1. The highest BCUT2D eigenvalue weighted by Crippen LogP contribution is 2.31. The van der Waals surface area contributed by atoms with Crippen molar-refractivity contribution < 1.29 is 9.90 Å². The van der Waals surface area contributed by atoms with Crippen molar-refractivity contribution >= 4 is 11.6 Å². The second-order valence-electron chi connectivity index (χ2n) is 6.87. The van der Waals surface area contributed by atoms with Gasteiger partial charge in [-0.3, -0.25) is 9.89 Å². The summed E-state index contributed by atoms with van der Waals surface area (Å²) in [7, 11) is 0. The molecule has 0 aliphatic carbocycles. The van der Waals surface area contributed by atoms with Crippen LogP contribution < -0.4 is 5.32 Å². The molecule has 0 aliphatic rings. The summed E-state index contributed by atoms with van der Waals surface area (Å²) in [6, 6.07) is 13.2. The Morgan fingerprint density at radius 1 is 1.12 bits per heavy atom. The third-order valence-electron chi connectivity index (χ3n) is 4.41. The molecule has 3 aromatic rings. The molecule has 2 aromatic carbocycles. The molecule has 3 rings (SSSR count). The van der Waals surface area contributed by atoms with E-state index >= 15 is 0 Å². The minimum absolute atomic E-state index is 0.159. The zero-order valence-electron chi connectivity index (χ0n) is 15.4. The van der Waals surface area contributed by atoms with Gasteiger partial charge in [-0.05, 0) is 49.1 Å². The normalized spacial score (nSPS) is 11.0. The van der Waals surface area contributed by atoms with Crippen molar-refractivity contribution in [3.63, 3.8) is 0 Å². The molecule has 1 amide bonds. The lowest BCUT2D eigenvalue weighted by Gasteiger charge is -2.14. The molecule has 3 N–H and O–H groups in total. The maximum absolute atomic E-state index is 12.6. The number of nitrogens with one attached hydrogen (secondary N) is 2. The van der Waals surface area contributed by atoms with Crippen LogP contribution in [0.1, 0.15) is 46.9 Å². The molecular weight excluding hydrogens is 326 g/mol. The van der Waals surface area contributed by atoms with E-state index in [1.165, 1.54) is 5.56 Å². The fraction of sp³-hybridized carbons (Fsp3) is 0.238. The first-order valence-corrected chi connectivity index (χ1v) is 8.62. The third-order valence-corrected chi connectivity index (χ3v) is 4.41. The second kappa shape index (κ2) is 7.04. The topological polar surface area (TPSA) is 78.0 Å². The summed E-state index contributed by atoms with van der Waals surface area (Å²) in [5.41, 5.74) is 5.52. The molecule has 134 valence electrons. The number of amides is 1. The van der Waals surface area contributed by atoms with Gasteiger partial charge in [0.15, 0.2) is 0 Å². The van der Waals surface area contributed by atoms with Crippen molar-refractivity contribution in [2.45, 2.75) is 33.6 Å². The van der Waals surface area contributed by atoms with Gasteiger partial charge in [-0.1, -0.05) is 43.7 Å². The summed E-state index contributed by atoms with van der Waals surface area (Å²) in [6.45, 7) is 7.88. The number of carbonyl (C=O) groups is 1. The summed E-state index contributed by atoms with van der Waals surface area (Å²) in [6.07, 6.45) is 0. The molecule has 0 fully saturated rings. The Balaban J connectivity index is 1.83. The molecule has 0 unspecified atom stereocenters. The predicted octanol–water partition coefficient (Wildman–Crippen LogP) is 4.77. The second-order valence-corrected chi connectivity index (χ2v) is 6.87. The van der Waals surface area contributed by atoms with Crippen molar-refractivity contribution in [1.29, 1.82) is 0 Å². The highest BCUT2D eigenvalue weighted by molar-refractivity contribution is 6.04. The van der Waals surface area contributed by atoms with Crippen LogP contribution in [0.3, 0.4) is 0 Å². The molecule has 0 saturated heterocycles. The number of aryl methyl sites for hydroxylation is 2. The van der Waals surface area contributed by atoms with Gasteiger partial charge in [0, 0.05) is 11.3 Å². The first-order valence-electron chi connectivity index (χ1n) is 8.62. The molecule has 1 heterocycles. The molecule has 5 heteroatoms. The van der Waals surface area contributed by atoms with Crippen LogP contribution in [0.4, 0.5) is 5.69 Å². The number of benzene rings is 2. The number of anilines is 1. The van der Waals surface area contributed by atoms with Crippen LogP contribution in [-0.4, -0.2) is 21.2 Å². The third kappa shape index (κ3) is 3.61. The average Bonchev–Trinajstić information content (AvgIpc) is 3.07. The minimum Gasteiger partial charge on any atom is -0.508 e. The van der Waals surface area contributed by atoms with Gasteiger partial charge in [0.2, 0.25) is 0 Å². The summed E-state index contributed by atoms with van der Waals surface area (Å²) >= 11 is 0. The first-order chi connectivity index (χ1) is 12.3. The Morgan fingerprint density at radius 3 is 2.46 bits per heavy atom. The zero-order chi connectivity index (χ0) is 18.8. The van der Waals surface area contributed by atoms with E-state index < -0.39 is 0 Å². The number of nitrogens with zero attached hydrogens (tertiary/aromatic N) is 1. The maximum Gasteiger partial charge on any atom is 0.273 e. The highest BCUT2D eigenvalue weighted by atomic mass is 16.3. The van der Waals surface area contributed by atoms with Crippen molar-refractivity contribution in [1.82, 2.24) is 10.2 Å². The smallest absolute Gasteiger partial charge is 0.273 e. The van der Waals surface area contributed by atoms with E-state index in [0.29, 0.717) is 11.4 Å². The number of phenols is 1.